The zero-order chi connectivity index (χ0) is 34.4. The zero-order valence-corrected chi connectivity index (χ0v) is 30.1. The number of anilines is 1. The molecule has 1 aromatic rings. The molecular weight excluding hydrogens is 628 g/mol. The van der Waals surface area contributed by atoms with Gasteiger partial charge in [-0.1, -0.05) is 45.4 Å². The lowest BCUT2D eigenvalue weighted by atomic mass is 9.44. The lowest BCUT2D eigenvalue weighted by Gasteiger charge is -2.61. The van der Waals surface area contributed by atoms with Gasteiger partial charge >= 0.3 is 5.97 Å². The molecule has 8 atom stereocenters. The first-order valence-corrected chi connectivity index (χ1v) is 18.5. The molecule has 264 valence electrons. The second-order valence-corrected chi connectivity index (χ2v) is 16.4. The number of ketones is 1. The van der Waals surface area contributed by atoms with Crippen molar-refractivity contribution in [2.45, 2.75) is 72.0 Å². The number of carbonyl (C=O) groups excluding carboxylic acids is 3. The van der Waals surface area contributed by atoms with Gasteiger partial charge in [0.1, 0.15) is 11.9 Å². The quantitative estimate of drug-likeness (QED) is 0.332. The molecule has 2 heterocycles. The van der Waals surface area contributed by atoms with Crippen molar-refractivity contribution in [3.05, 3.63) is 41.9 Å². The SMILES string of the molecule is C=C[C@]1(C)C[C@@H](OC(=O)CN2CCN(C(=O)CN3CCN(c4ccc(Cl)cc4)CC3)CC2)[C@]2(C)[C@H](C)CC[C@]3(CCC(=O)[C@H]32)[C@@H](C)[C@@H]1O. The Hall–Kier alpha value is -2.46. The molecule has 6 rings (SSSR count). The molecule has 0 unspecified atom stereocenters. The topological polar surface area (TPSA) is 93.6 Å². The van der Waals surface area contributed by atoms with Crippen LogP contribution in [0.3, 0.4) is 0 Å². The van der Waals surface area contributed by atoms with Crippen LogP contribution in [0.15, 0.2) is 36.9 Å². The monoisotopic (exact) mass is 682 g/mol. The highest BCUT2D eigenvalue weighted by Crippen LogP contribution is 2.68. The predicted octanol–water partition coefficient (Wildman–Crippen LogP) is 4.51. The average Bonchev–Trinajstić information content (AvgIpc) is 3.44. The number of hydrogen-bond donors (Lipinski definition) is 1. The molecule has 10 heteroatoms. The molecular formula is C38H55ClN4O5. The van der Waals surface area contributed by atoms with Crippen LogP contribution in [-0.2, 0) is 19.1 Å². The van der Waals surface area contributed by atoms with Crippen LogP contribution < -0.4 is 4.90 Å². The first-order chi connectivity index (χ1) is 22.8. The Balaban J connectivity index is 1.05. The van der Waals surface area contributed by atoms with Crippen molar-refractivity contribution in [3.8, 4) is 0 Å². The standard InChI is InChI=1S/C38H55ClN4O5/c1-6-36(4)23-31(37(5)26(2)11-13-38(27(3)35(36)47)14-12-30(44)34(37)38)48-33(46)25-41-17-21-43(22-18-41)32(45)24-40-15-19-42(20-16-40)29-9-7-28(39)8-10-29/h6-10,26-27,31,34-35,47H,1,11-25H2,2-5H3/t26-,27+,31-,34+,35+,36-,37+,38+/m1/s1. The summed E-state index contributed by atoms with van der Waals surface area (Å²) in [5.41, 5.74) is -0.314. The molecule has 3 aliphatic carbocycles. The van der Waals surface area contributed by atoms with Crippen molar-refractivity contribution >= 4 is 34.9 Å². The minimum atomic E-state index is -0.680. The Bertz CT molecular complexity index is 1380. The number of aliphatic hydroxyl groups excluding tert-OH is 1. The number of piperazine rings is 2. The Kier molecular flexibility index (Phi) is 10.1. The smallest absolute Gasteiger partial charge is 0.320 e. The molecule has 48 heavy (non-hydrogen) atoms. The van der Waals surface area contributed by atoms with Crippen LogP contribution in [0, 0.1) is 34.0 Å². The Morgan fingerprint density at radius 3 is 2.25 bits per heavy atom. The lowest BCUT2D eigenvalue weighted by molar-refractivity contribution is -0.207. The van der Waals surface area contributed by atoms with Crippen molar-refractivity contribution in [1.29, 1.82) is 0 Å². The van der Waals surface area contributed by atoms with Gasteiger partial charge in [0.05, 0.1) is 19.2 Å². The molecule has 2 aliphatic heterocycles. The number of halogens is 1. The van der Waals surface area contributed by atoms with Gasteiger partial charge in [-0.2, -0.15) is 0 Å². The van der Waals surface area contributed by atoms with Gasteiger partial charge in [0, 0.05) is 86.2 Å². The normalized spacial score (nSPS) is 37.8. The van der Waals surface area contributed by atoms with Crippen LogP contribution in [0.1, 0.15) is 59.8 Å². The van der Waals surface area contributed by atoms with E-state index in [-0.39, 0.29) is 47.4 Å². The molecule has 2 saturated heterocycles. The van der Waals surface area contributed by atoms with Crippen molar-refractivity contribution < 1.29 is 24.2 Å². The van der Waals surface area contributed by atoms with E-state index >= 15 is 0 Å². The highest BCUT2D eigenvalue weighted by molar-refractivity contribution is 6.30. The van der Waals surface area contributed by atoms with E-state index in [0.29, 0.717) is 45.6 Å². The summed E-state index contributed by atoms with van der Waals surface area (Å²) in [5.74, 6) is -0.00788. The lowest BCUT2D eigenvalue weighted by Crippen LogP contribution is -2.63. The summed E-state index contributed by atoms with van der Waals surface area (Å²) in [6.45, 7) is 18.9. The molecule has 1 aromatic carbocycles. The van der Waals surface area contributed by atoms with E-state index in [4.69, 9.17) is 16.3 Å². The van der Waals surface area contributed by atoms with Crippen LogP contribution in [0.2, 0.25) is 5.02 Å². The van der Waals surface area contributed by atoms with Crippen LogP contribution >= 0.6 is 11.6 Å². The molecule has 0 spiro atoms. The van der Waals surface area contributed by atoms with Crippen LogP contribution in [0.4, 0.5) is 5.69 Å². The highest BCUT2D eigenvalue weighted by atomic mass is 35.5. The number of ether oxygens (including phenoxy) is 1. The van der Waals surface area contributed by atoms with Gasteiger partial charge in [-0.15, -0.1) is 6.58 Å². The number of carbonyl (C=O) groups is 3. The predicted molar refractivity (Wildman–Crippen MR) is 188 cm³/mol. The van der Waals surface area contributed by atoms with Crippen LogP contribution in [0.5, 0.6) is 0 Å². The van der Waals surface area contributed by atoms with E-state index in [2.05, 4.69) is 42.0 Å². The molecule has 0 aromatic heterocycles. The molecule has 1 amide bonds. The Labute approximate surface area is 291 Å². The Morgan fingerprint density at radius 1 is 0.979 bits per heavy atom. The number of amides is 1. The van der Waals surface area contributed by atoms with Gasteiger partial charge in [0.25, 0.3) is 0 Å². The van der Waals surface area contributed by atoms with E-state index in [1.54, 1.807) is 0 Å². The Morgan fingerprint density at radius 2 is 1.60 bits per heavy atom. The maximum absolute atomic E-state index is 13.7. The summed E-state index contributed by atoms with van der Waals surface area (Å²) >= 11 is 6.04. The van der Waals surface area contributed by atoms with Gasteiger partial charge < -0.3 is 19.6 Å². The zero-order valence-electron chi connectivity index (χ0n) is 29.3. The third-order valence-corrected chi connectivity index (χ3v) is 13.8. The second-order valence-electron chi connectivity index (χ2n) is 16.0. The van der Waals surface area contributed by atoms with E-state index in [1.807, 2.05) is 42.2 Å². The van der Waals surface area contributed by atoms with Crippen LogP contribution in [-0.4, -0.2) is 115 Å². The minimum Gasteiger partial charge on any atom is -0.461 e. The van der Waals surface area contributed by atoms with Crippen molar-refractivity contribution in [1.82, 2.24) is 14.7 Å². The number of nitrogens with zero attached hydrogens (tertiary/aromatic N) is 4. The third kappa shape index (κ3) is 6.33. The first kappa shape index (κ1) is 35.4. The van der Waals surface area contributed by atoms with Crippen molar-refractivity contribution in [2.24, 2.45) is 34.0 Å². The average molecular weight is 683 g/mol. The number of benzene rings is 1. The maximum Gasteiger partial charge on any atom is 0.320 e. The summed E-state index contributed by atoms with van der Waals surface area (Å²) in [6, 6.07) is 7.90. The summed E-state index contributed by atoms with van der Waals surface area (Å²) in [7, 11) is 0. The molecule has 2 bridgehead atoms. The summed E-state index contributed by atoms with van der Waals surface area (Å²) in [6.07, 6.45) is 4.25. The van der Waals surface area contributed by atoms with Gasteiger partial charge in [-0.25, -0.2) is 0 Å². The molecule has 1 N–H and O–H groups in total. The number of Topliss-reactive ketones (excluding diaryl/α,β-unsaturated/α-hetero) is 1. The van der Waals surface area contributed by atoms with E-state index in [9.17, 15) is 19.5 Å². The third-order valence-electron chi connectivity index (χ3n) is 13.6. The molecule has 0 radical (unpaired) electrons. The summed E-state index contributed by atoms with van der Waals surface area (Å²) < 4.78 is 6.45. The van der Waals surface area contributed by atoms with Gasteiger partial charge in [0.2, 0.25) is 5.91 Å². The number of hydrogen-bond acceptors (Lipinski definition) is 8. The maximum atomic E-state index is 13.7. The molecule has 5 fully saturated rings. The van der Waals surface area contributed by atoms with Crippen LogP contribution in [0.25, 0.3) is 0 Å². The number of rotatable bonds is 7. The minimum absolute atomic E-state index is 0.0570. The fourth-order valence-electron chi connectivity index (χ4n) is 10.1. The molecule has 9 nitrogen and oxygen atoms in total. The number of aliphatic hydroxyl groups is 1. The number of esters is 1. The van der Waals surface area contributed by atoms with E-state index < -0.39 is 23.0 Å². The van der Waals surface area contributed by atoms with Gasteiger partial charge in [0.15, 0.2) is 0 Å². The first-order valence-electron chi connectivity index (χ1n) is 18.1. The van der Waals surface area contributed by atoms with E-state index in [1.165, 1.54) is 0 Å². The summed E-state index contributed by atoms with van der Waals surface area (Å²) in [5, 5.41) is 12.5. The summed E-state index contributed by atoms with van der Waals surface area (Å²) in [4.78, 5) is 49.1. The van der Waals surface area contributed by atoms with Gasteiger partial charge in [-0.05, 0) is 67.2 Å². The van der Waals surface area contributed by atoms with Crippen molar-refractivity contribution in [3.63, 3.8) is 0 Å². The fourth-order valence-corrected chi connectivity index (χ4v) is 10.3. The highest BCUT2D eigenvalue weighted by Gasteiger charge is 2.68. The molecule has 5 aliphatic rings. The largest absolute Gasteiger partial charge is 0.461 e. The van der Waals surface area contributed by atoms with Gasteiger partial charge in [-0.3, -0.25) is 24.2 Å². The van der Waals surface area contributed by atoms with E-state index in [0.717, 1.165) is 56.2 Å². The fraction of sp³-hybridized carbons (Fsp3) is 0.711. The second kappa shape index (κ2) is 13.7. The molecule has 3 saturated carbocycles. The van der Waals surface area contributed by atoms with Crippen molar-refractivity contribution in [2.75, 3.05) is 70.3 Å².